The molecular formula is C30H27NO5. The van der Waals surface area contributed by atoms with Crippen molar-refractivity contribution in [2.45, 2.75) is 32.2 Å². The van der Waals surface area contributed by atoms with Gasteiger partial charge in [0, 0.05) is 22.2 Å². The number of carboxylic acids is 2. The molecule has 0 bridgehead atoms. The molecule has 5 rings (SSSR count). The van der Waals surface area contributed by atoms with Gasteiger partial charge in [-0.3, -0.25) is 4.79 Å². The zero-order valence-corrected chi connectivity index (χ0v) is 20.0. The van der Waals surface area contributed by atoms with Crippen LogP contribution in [-0.2, 0) is 30.6 Å². The molecule has 1 aliphatic rings. The highest BCUT2D eigenvalue weighted by molar-refractivity contribution is 6.03. The maximum atomic E-state index is 12.0. The lowest BCUT2D eigenvalue weighted by Gasteiger charge is -2.21. The Morgan fingerprint density at radius 1 is 0.972 bits per heavy atom. The van der Waals surface area contributed by atoms with Crippen LogP contribution in [0.5, 0.6) is 5.75 Å². The van der Waals surface area contributed by atoms with Crippen LogP contribution in [0.3, 0.4) is 0 Å². The average molecular weight is 482 g/mol. The normalized spacial score (nSPS) is 12.8. The molecular weight excluding hydrogens is 454 g/mol. The summed E-state index contributed by atoms with van der Waals surface area (Å²) < 4.78 is 7.42. The van der Waals surface area contributed by atoms with E-state index in [1.54, 1.807) is 23.8 Å². The third-order valence-corrected chi connectivity index (χ3v) is 6.86. The second-order valence-corrected chi connectivity index (χ2v) is 8.97. The number of ether oxygens (including phenoxy) is 1. The number of hydrogen-bond donors (Lipinski definition) is 2. The smallest absolute Gasteiger partial charge is 0.335 e. The van der Waals surface area contributed by atoms with Crippen molar-refractivity contribution in [2.24, 2.45) is 0 Å². The van der Waals surface area contributed by atoms with Gasteiger partial charge in [-0.2, -0.15) is 0 Å². The second kappa shape index (κ2) is 9.74. The third kappa shape index (κ3) is 4.26. The molecule has 0 radical (unpaired) electrons. The first kappa shape index (κ1) is 23.4. The topological polar surface area (TPSA) is 88.8 Å². The Kier molecular flexibility index (Phi) is 6.34. The maximum absolute atomic E-state index is 12.0. The predicted octanol–water partition coefficient (Wildman–Crippen LogP) is 5.60. The number of carbonyl (C=O) groups is 2. The van der Waals surface area contributed by atoms with Crippen LogP contribution in [0.4, 0.5) is 0 Å². The average Bonchev–Trinajstić information content (AvgIpc) is 3.18. The minimum atomic E-state index is -1.04. The van der Waals surface area contributed by atoms with E-state index in [0.717, 1.165) is 63.9 Å². The Bertz CT molecular complexity index is 1500. The SMILES string of the molecule is COc1cccc2c1CCC=C2c1c(CCc2ccccc2)n(CC(=O)O)c2cc(C(=O)O)ccc12. The quantitative estimate of drug-likeness (QED) is 0.342. The Morgan fingerprint density at radius 3 is 2.50 bits per heavy atom. The van der Waals surface area contributed by atoms with Crippen LogP contribution in [0.25, 0.3) is 16.5 Å². The molecule has 1 heterocycles. The van der Waals surface area contributed by atoms with E-state index < -0.39 is 11.9 Å². The summed E-state index contributed by atoms with van der Waals surface area (Å²) in [4.78, 5) is 23.7. The van der Waals surface area contributed by atoms with E-state index in [4.69, 9.17) is 4.74 Å². The summed E-state index contributed by atoms with van der Waals surface area (Å²) >= 11 is 0. The number of hydrogen-bond acceptors (Lipinski definition) is 3. The van der Waals surface area contributed by atoms with E-state index >= 15 is 0 Å². The molecule has 0 amide bonds. The number of rotatable bonds is 8. The maximum Gasteiger partial charge on any atom is 0.335 e. The number of fused-ring (bicyclic) bond motifs is 2. The number of carboxylic acid groups (broad SMARTS) is 2. The number of aromatic nitrogens is 1. The number of aliphatic carboxylic acids is 1. The van der Waals surface area contributed by atoms with Gasteiger partial charge in [-0.1, -0.05) is 54.6 Å². The molecule has 1 aliphatic carbocycles. The number of nitrogens with zero attached hydrogens (tertiary/aromatic N) is 1. The van der Waals surface area contributed by atoms with E-state index in [2.05, 4.69) is 24.3 Å². The fourth-order valence-electron chi connectivity index (χ4n) is 5.29. The Labute approximate surface area is 209 Å². The number of methoxy groups -OCH3 is 1. The van der Waals surface area contributed by atoms with Crippen molar-refractivity contribution in [3.63, 3.8) is 0 Å². The zero-order valence-electron chi connectivity index (χ0n) is 20.0. The third-order valence-electron chi connectivity index (χ3n) is 6.86. The highest BCUT2D eigenvalue weighted by Gasteiger charge is 2.26. The molecule has 182 valence electrons. The van der Waals surface area contributed by atoms with Gasteiger partial charge in [-0.25, -0.2) is 4.79 Å². The van der Waals surface area contributed by atoms with E-state index in [9.17, 15) is 19.8 Å². The molecule has 0 aliphatic heterocycles. The van der Waals surface area contributed by atoms with Crippen molar-refractivity contribution >= 4 is 28.4 Å². The van der Waals surface area contributed by atoms with Gasteiger partial charge < -0.3 is 19.5 Å². The van der Waals surface area contributed by atoms with Crippen molar-refractivity contribution in [2.75, 3.05) is 7.11 Å². The Balaban J connectivity index is 1.76. The minimum Gasteiger partial charge on any atom is -0.496 e. The summed E-state index contributed by atoms with van der Waals surface area (Å²) in [5.74, 6) is -1.18. The standard InChI is InChI=1S/C30H27NO5/c1-36-27-12-6-9-21-22(27)10-5-11-23(21)29-24-15-14-20(30(34)35)17-26(24)31(18-28(32)33)25(29)16-13-19-7-3-2-4-8-19/h2-4,6-9,11-12,14-15,17H,5,10,13,16,18H2,1H3,(H,32,33)(H,34,35). The van der Waals surface area contributed by atoms with Gasteiger partial charge in [0.1, 0.15) is 12.3 Å². The molecule has 36 heavy (non-hydrogen) atoms. The summed E-state index contributed by atoms with van der Waals surface area (Å²) in [6.45, 7) is -0.248. The first-order valence-corrected chi connectivity index (χ1v) is 12.0. The van der Waals surface area contributed by atoms with Crippen molar-refractivity contribution in [3.8, 4) is 5.75 Å². The minimum absolute atomic E-state index is 0.132. The van der Waals surface area contributed by atoms with Crippen LogP contribution in [0.1, 0.15) is 44.7 Å². The second-order valence-electron chi connectivity index (χ2n) is 8.97. The molecule has 0 spiro atoms. The lowest BCUT2D eigenvalue weighted by molar-refractivity contribution is -0.137. The summed E-state index contributed by atoms with van der Waals surface area (Å²) in [5.41, 5.74) is 7.00. The predicted molar refractivity (Wildman–Crippen MR) is 139 cm³/mol. The van der Waals surface area contributed by atoms with Crippen LogP contribution in [0.15, 0.2) is 72.8 Å². The number of aromatic carboxylic acids is 1. The molecule has 0 saturated carbocycles. The van der Waals surface area contributed by atoms with Crippen LogP contribution in [-0.4, -0.2) is 33.8 Å². The summed E-state index contributed by atoms with van der Waals surface area (Å²) in [6, 6.07) is 21.1. The first-order valence-electron chi connectivity index (χ1n) is 12.0. The number of aryl methyl sites for hydroxylation is 1. The molecule has 6 nitrogen and oxygen atoms in total. The van der Waals surface area contributed by atoms with Crippen molar-refractivity contribution in [1.82, 2.24) is 4.57 Å². The Morgan fingerprint density at radius 2 is 1.78 bits per heavy atom. The first-order chi connectivity index (χ1) is 17.5. The molecule has 4 aromatic rings. The van der Waals surface area contributed by atoms with Gasteiger partial charge >= 0.3 is 11.9 Å². The largest absolute Gasteiger partial charge is 0.496 e. The van der Waals surface area contributed by atoms with E-state index in [-0.39, 0.29) is 12.1 Å². The van der Waals surface area contributed by atoms with Crippen LogP contribution < -0.4 is 4.74 Å². The number of allylic oxidation sites excluding steroid dienone is 1. The number of benzene rings is 3. The van der Waals surface area contributed by atoms with Gasteiger partial charge in [0.25, 0.3) is 0 Å². The fraction of sp³-hybridized carbons (Fsp3) is 0.200. The molecule has 1 aromatic heterocycles. The van der Waals surface area contributed by atoms with Crippen molar-refractivity contribution < 1.29 is 24.5 Å². The van der Waals surface area contributed by atoms with Gasteiger partial charge in [0.05, 0.1) is 18.2 Å². The zero-order chi connectivity index (χ0) is 25.2. The molecule has 0 saturated heterocycles. The molecule has 3 aromatic carbocycles. The van der Waals surface area contributed by atoms with E-state index in [0.29, 0.717) is 11.9 Å². The molecule has 0 unspecified atom stereocenters. The lowest BCUT2D eigenvalue weighted by atomic mass is 9.84. The van der Waals surface area contributed by atoms with Gasteiger partial charge in [0.2, 0.25) is 0 Å². The van der Waals surface area contributed by atoms with Crippen LogP contribution in [0.2, 0.25) is 0 Å². The molecule has 0 fully saturated rings. The molecule has 2 N–H and O–H groups in total. The van der Waals surface area contributed by atoms with Crippen LogP contribution >= 0.6 is 0 Å². The van der Waals surface area contributed by atoms with Gasteiger partial charge in [-0.15, -0.1) is 0 Å². The summed E-state index contributed by atoms with van der Waals surface area (Å²) in [5, 5.41) is 20.3. The highest BCUT2D eigenvalue weighted by Crippen LogP contribution is 2.42. The fourth-order valence-corrected chi connectivity index (χ4v) is 5.29. The Hall–Kier alpha value is -4.32. The molecule has 0 atom stereocenters. The lowest BCUT2D eigenvalue weighted by Crippen LogP contribution is -2.13. The van der Waals surface area contributed by atoms with Crippen LogP contribution in [0, 0.1) is 0 Å². The van der Waals surface area contributed by atoms with Gasteiger partial charge in [0.15, 0.2) is 0 Å². The summed E-state index contributed by atoms with van der Waals surface area (Å²) in [6.07, 6.45) is 5.24. The van der Waals surface area contributed by atoms with Crippen molar-refractivity contribution in [1.29, 1.82) is 0 Å². The van der Waals surface area contributed by atoms with Crippen molar-refractivity contribution in [3.05, 3.63) is 106 Å². The van der Waals surface area contributed by atoms with E-state index in [1.807, 2.05) is 36.4 Å². The highest BCUT2D eigenvalue weighted by atomic mass is 16.5. The van der Waals surface area contributed by atoms with E-state index in [1.165, 1.54) is 0 Å². The summed E-state index contributed by atoms with van der Waals surface area (Å²) in [7, 11) is 1.67. The molecule has 6 heteroatoms. The van der Waals surface area contributed by atoms with Gasteiger partial charge in [-0.05, 0) is 60.6 Å². The monoisotopic (exact) mass is 481 g/mol.